The third-order valence-corrected chi connectivity index (χ3v) is 4.51. The molecule has 1 heterocycles. The van der Waals surface area contributed by atoms with Gasteiger partial charge in [-0.1, -0.05) is 59.2 Å². The fourth-order valence-electron chi connectivity index (χ4n) is 2.54. The summed E-state index contributed by atoms with van der Waals surface area (Å²) >= 11 is 6.14. The van der Waals surface area contributed by atoms with E-state index in [1.165, 1.54) is 0 Å². The molecule has 0 spiro atoms. The van der Waals surface area contributed by atoms with Crippen LogP contribution in [0.15, 0.2) is 53.1 Å². The first-order valence-corrected chi connectivity index (χ1v) is 8.84. The number of carbonyl (C=O) groups excluding carboxylic acids is 1. The van der Waals surface area contributed by atoms with Crippen LogP contribution in [0, 0.1) is 6.92 Å². The zero-order valence-electron chi connectivity index (χ0n) is 14.7. The Morgan fingerprint density at radius 1 is 1.23 bits per heavy atom. The van der Waals surface area contributed by atoms with Crippen molar-refractivity contribution in [1.29, 1.82) is 0 Å². The molecule has 0 saturated carbocycles. The fraction of sp³-hybridized carbons (Fsp3) is 0.250. The van der Waals surface area contributed by atoms with Crippen LogP contribution in [0.25, 0.3) is 11.4 Å². The zero-order valence-corrected chi connectivity index (χ0v) is 15.5. The number of nitrogens with zero attached hydrogens (tertiary/aromatic N) is 2. The van der Waals surface area contributed by atoms with Crippen molar-refractivity contribution in [3.8, 4) is 11.4 Å². The van der Waals surface area contributed by atoms with E-state index < -0.39 is 0 Å². The van der Waals surface area contributed by atoms with E-state index >= 15 is 0 Å². The number of hydrogen-bond donors (Lipinski definition) is 1. The van der Waals surface area contributed by atoms with Gasteiger partial charge in [-0.05, 0) is 37.5 Å². The minimum atomic E-state index is -0.361. The summed E-state index contributed by atoms with van der Waals surface area (Å²) in [5.41, 5.74) is 2.89. The maximum atomic E-state index is 12.1. The first-order chi connectivity index (χ1) is 12.5. The summed E-state index contributed by atoms with van der Waals surface area (Å²) in [7, 11) is 0. The van der Waals surface area contributed by atoms with Crippen molar-refractivity contribution < 1.29 is 9.32 Å². The average molecular weight is 370 g/mol. The van der Waals surface area contributed by atoms with Crippen molar-refractivity contribution in [1.82, 2.24) is 15.5 Å². The monoisotopic (exact) mass is 369 g/mol. The van der Waals surface area contributed by atoms with Gasteiger partial charge in [0.05, 0.1) is 0 Å². The predicted octanol–water partition coefficient (Wildman–Crippen LogP) is 4.51. The van der Waals surface area contributed by atoms with Crippen LogP contribution in [0.4, 0.5) is 0 Å². The Balaban J connectivity index is 1.59. The summed E-state index contributed by atoms with van der Waals surface area (Å²) in [5.74, 6) is 0.761. The van der Waals surface area contributed by atoms with E-state index in [4.69, 9.17) is 16.1 Å². The average Bonchev–Trinajstić information content (AvgIpc) is 3.13. The lowest BCUT2D eigenvalue weighted by Gasteiger charge is -2.09. The van der Waals surface area contributed by atoms with Crippen LogP contribution >= 0.6 is 11.6 Å². The molecule has 134 valence electrons. The molecule has 2 aromatic carbocycles. The van der Waals surface area contributed by atoms with E-state index in [9.17, 15) is 4.79 Å². The van der Waals surface area contributed by atoms with Gasteiger partial charge in [-0.25, -0.2) is 0 Å². The maximum Gasteiger partial charge on any atom is 0.249 e. The number of nitrogens with one attached hydrogen (secondary N) is 1. The maximum absolute atomic E-state index is 12.1. The number of aromatic nitrogens is 2. The number of benzene rings is 2. The van der Waals surface area contributed by atoms with Crippen LogP contribution in [0.2, 0.25) is 5.02 Å². The lowest BCUT2D eigenvalue weighted by molar-refractivity contribution is -0.121. The molecule has 3 aromatic rings. The van der Waals surface area contributed by atoms with E-state index in [1.54, 1.807) is 6.07 Å². The molecule has 0 aliphatic heterocycles. The molecular formula is C20H20ClN3O2. The van der Waals surface area contributed by atoms with E-state index in [1.807, 2.05) is 56.3 Å². The number of hydrogen-bond acceptors (Lipinski definition) is 4. The molecule has 0 bridgehead atoms. The van der Waals surface area contributed by atoms with Crippen molar-refractivity contribution in [2.75, 3.05) is 0 Å². The Kier molecular flexibility index (Phi) is 5.68. The standard InChI is InChI=1S/C20H20ClN3O2/c1-13-8-10-16(12-17(13)21)19-23-20(26-24-19)14(2)22-18(25)11-9-15-6-4-3-5-7-15/h3-8,10,12,14H,9,11H2,1-2H3,(H,22,25). The van der Waals surface area contributed by atoms with E-state index in [0.717, 1.165) is 16.7 Å². The summed E-state index contributed by atoms with van der Waals surface area (Å²) in [6.07, 6.45) is 1.10. The molecule has 1 aromatic heterocycles. The van der Waals surface area contributed by atoms with Crippen molar-refractivity contribution in [3.05, 3.63) is 70.6 Å². The van der Waals surface area contributed by atoms with Gasteiger partial charge in [0.15, 0.2) is 0 Å². The number of rotatable bonds is 6. The molecule has 26 heavy (non-hydrogen) atoms. The minimum Gasteiger partial charge on any atom is -0.345 e. The van der Waals surface area contributed by atoms with Gasteiger partial charge in [0.2, 0.25) is 17.6 Å². The second-order valence-electron chi connectivity index (χ2n) is 6.19. The topological polar surface area (TPSA) is 68.0 Å². The number of halogens is 1. The largest absolute Gasteiger partial charge is 0.345 e. The van der Waals surface area contributed by atoms with Gasteiger partial charge >= 0.3 is 0 Å². The van der Waals surface area contributed by atoms with Gasteiger partial charge in [-0.15, -0.1) is 0 Å². The summed E-state index contributed by atoms with van der Waals surface area (Å²) < 4.78 is 5.30. The van der Waals surface area contributed by atoms with Crippen molar-refractivity contribution in [2.45, 2.75) is 32.7 Å². The molecule has 0 aliphatic carbocycles. The Hall–Kier alpha value is -2.66. The van der Waals surface area contributed by atoms with E-state index in [-0.39, 0.29) is 11.9 Å². The Morgan fingerprint density at radius 3 is 2.73 bits per heavy atom. The Labute approximate surface area is 157 Å². The molecule has 0 fully saturated rings. The third-order valence-electron chi connectivity index (χ3n) is 4.10. The quantitative estimate of drug-likeness (QED) is 0.694. The summed E-state index contributed by atoms with van der Waals surface area (Å²) in [6, 6.07) is 15.1. The van der Waals surface area contributed by atoms with Crippen LogP contribution in [0.1, 0.15) is 36.4 Å². The molecule has 0 aliphatic rings. The molecule has 5 nitrogen and oxygen atoms in total. The minimum absolute atomic E-state index is 0.0560. The summed E-state index contributed by atoms with van der Waals surface area (Å²) in [6.45, 7) is 3.75. The molecule has 0 radical (unpaired) electrons. The highest BCUT2D eigenvalue weighted by molar-refractivity contribution is 6.31. The van der Waals surface area contributed by atoms with Crippen LogP contribution in [-0.2, 0) is 11.2 Å². The Morgan fingerprint density at radius 2 is 2.00 bits per heavy atom. The first kappa shape index (κ1) is 18.1. The molecule has 1 amide bonds. The van der Waals surface area contributed by atoms with Crippen molar-refractivity contribution in [3.63, 3.8) is 0 Å². The highest BCUT2D eigenvalue weighted by Gasteiger charge is 2.17. The molecule has 0 saturated heterocycles. The number of aryl methyl sites for hydroxylation is 2. The molecule has 3 rings (SSSR count). The summed E-state index contributed by atoms with van der Waals surface area (Å²) in [4.78, 5) is 16.5. The van der Waals surface area contributed by atoms with Gasteiger partial charge in [0.1, 0.15) is 6.04 Å². The predicted molar refractivity (Wildman–Crippen MR) is 101 cm³/mol. The molecule has 6 heteroatoms. The van der Waals surface area contributed by atoms with Gasteiger partial charge in [0.25, 0.3) is 0 Å². The smallest absolute Gasteiger partial charge is 0.249 e. The highest BCUT2D eigenvalue weighted by atomic mass is 35.5. The zero-order chi connectivity index (χ0) is 18.5. The first-order valence-electron chi connectivity index (χ1n) is 8.46. The Bertz CT molecular complexity index is 893. The van der Waals surface area contributed by atoms with E-state index in [0.29, 0.717) is 29.6 Å². The van der Waals surface area contributed by atoms with Gasteiger partial charge in [-0.2, -0.15) is 4.98 Å². The molecule has 1 N–H and O–H groups in total. The van der Waals surface area contributed by atoms with Gasteiger partial charge in [0, 0.05) is 17.0 Å². The van der Waals surface area contributed by atoms with Crippen LogP contribution in [0.3, 0.4) is 0 Å². The van der Waals surface area contributed by atoms with Crippen molar-refractivity contribution >= 4 is 17.5 Å². The lowest BCUT2D eigenvalue weighted by Crippen LogP contribution is -2.27. The second-order valence-corrected chi connectivity index (χ2v) is 6.60. The van der Waals surface area contributed by atoms with Gasteiger partial charge in [-0.3, -0.25) is 4.79 Å². The molecule has 1 atom stereocenters. The van der Waals surface area contributed by atoms with Gasteiger partial charge < -0.3 is 9.84 Å². The fourth-order valence-corrected chi connectivity index (χ4v) is 2.72. The number of carbonyl (C=O) groups is 1. The summed E-state index contributed by atoms with van der Waals surface area (Å²) in [5, 5.41) is 7.52. The van der Waals surface area contributed by atoms with E-state index in [2.05, 4.69) is 15.5 Å². The second kappa shape index (κ2) is 8.15. The number of amides is 1. The van der Waals surface area contributed by atoms with Crippen LogP contribution < -0.4 is 5.32 Å². The van der Waals surface area contributed by atoms with Crippen molar-refractivity contribution in [2.24, 2.45) is 0 Å². The highest BCUT2D eigenvalue weighted by Crippen LogP contribution is 2.24. The molecule has 1 unspecified atom stereocenters. The van der Waals surface area contributed by atoms with Crippen LogP contribution in [0.5, 0.6) is 0 Å². The molecular weight excluding hydrogens is 350 g/mol. The third kappa shape index (κ3) is 4.49. The normalized spacial score (nSPS) is 12.0. The van der Waals surface area contributed by atoms with Crippen LogP contribution in [-0.4, -0.2) is 16.0 Å². The lowest BCUT2D eigenvalue weighted by atomic mass is 10.1. The SMILES string of the molecule is Cc1ccc(-c2noc(C(C)NC(=O)CCc3ccccc3)n2)cc1Cl.